The molecule has 5 nitrogen and oxygen atoms in total. The number of hydrogen-bond donors (Lipinski definition) is 0. The van der Waals surface area contributed by atoms with Crippen LogP contribution in [-0.4, -0.2) is 49.7 Å². The van der Waals surface area contributed by atoms with Gasteiger partial charge in [-0.25, -0.2) is 0 Å². The summed E-state index contributed by atoms with van der Waals surface area (Å²) in [5.74, 6) is -0.775. The summed E-state index contributed by atoms with van der Waals surface area (Å²) in [6.07, 6.45) is -0.593. The zero-order valence-corrected chi connectivity index (χ0v) is 9.64. The topological polar surface area (TPSA) is 54.0 Å². The summed E-state index contributed by atoms with van der Waals surface area (Å²) in [5.41, 5.74) is -1.29. The second-order valence-electron chi connectivity index (χ2n) is 4.73. The first kappa shape index (κ1) is 9.53. The van der Waals surface area contributed by atoms with Gasteiger partial charge in [0.2, 0.25) is 0 Å². The summed E-state index contributed by atoms with van der Waals surface area (Å²) in [7, 11) is -1.46. The maximum absolute atomic E-state index is 11.4. The highest BCUT2D eigenvalue weighted by Gasteiger charge is 2.61. The van der Waals surface area contributed by atoms with Crippen LogP contribution in [0.15, 0.2) is 0 Å². The summed E-state index contributed by atoms with van der Waals surface area (Å²) in [6, 6.07) is 0. The van der Waals surface area contributed by atoms with E-state index in [-0.39, 0.29) is 18.8 Å². The molecule has 0 aromatic carbocycles. The van der Waals surface area contributed by atoms with E-state index in [9.17, 15) is 4.79 Å². The molecule has 0 aromatic heterocycles. The van der Waals surface area contributed by atoms with Crippen LogP contribution < -0.4 is 0 Å². The fourth-order valence-electron chi connectivity index (χ4n) is 2.37. The molecule has 0 spiro atoms. The Balaban J connectivity index is 2.18. The highest BCUT2D eigenvalue weighted by Crippen LogP contribution is 2.43. The van der Waals surface area contributed by atoms with Crippen molar-refractivity contribution in [1.29, 1.82) is 0 Å². The lowest BCUT2D eigenvalue weighted by Crippen LogP contribution is -2.48. The van der Waals surface area contributed by atoms with Gasteiger partial charge in [0.15, 0.2) is 17.7 Å². The van der Waals surface area contributed by atoms with Gasteiger partial charge in [0.25, 0.3) is 0 Å². The van der Waals surface area contributed by atoms with Crippen LogP contribution in [0.3, 0.4) is 0 Å². The molecule has 2 fully saturated rings. The molecule has 2 saturated heterocycles. The average molecular weight is 233 g/mol. The molecule has 0 radical (unpaired) electrons. The molecule has 16 heavy (non-hydrogen) atoms. The lowest BCUT2D eigenvalue weighted by molar-refractivity contribution is -0.209. The van der Waals surface area contributed by atoms with E-state index < -0.39 is 24.6 Å². The molecular weight excluding hydrogens is 212 g/mol. The van der Waals surface area contributed by atoms with Crippen molar-refractivity contribution in [2.45, 2.75) is 50.5 Å². The number of rotatable bonds is 3. The van der Waals surface area contributed by atoms with Gasteiger partial charge in [0.1, 0.15) is 12.2 Å². The molecule has 2 aliphatic rings. The number of aldehydes is 1. The minimum atomic E-state index is -1.46. The number of carbonyl (C=O) groups is 1. The third-order valence-corrected chi connectivity index (χ3v) is 2.99. The molecule has 3 unspecified atom stereocenters. The van der Waals surface area contributed by atoms with E-state index in [1.165, 1.54) is 0 Å². The van der Waals surface area contributed by atoms with Crippen molar-refractivity contribution in [2.75, 3.05) is 13.7 Å². The molecule has 0 aliphatic carbocycles. The number of fused-ring (bicyclic) bond motifs is 1. The first-order valence-electron chi connectivity index (χ1n) is 6.41. The van der Waals surface area contributed by atoms with E-state index in [0.29, 0.717) is 6.29 Å². The van der Waals surface area contributed by atoms with E-state index in [1.807, 2.05) is 0 Å². The average Bonchev–Trinajstić information content (AvgIpc) is 2.71. The van der Waals surface area contributed by atoms with Crippen LogP contribution in [0.1, 0.15) is 23.5 Å². The Hall–Kier alpha value is -0.490. The molecule has 5 atom stereocenters. The molecule has 2 aliphatic heterocycles. The quantitative estimate of drug-likeness (QED) is 0.665. The molecule has 2 rings (SSSR count). The Bertz CT molecular complexity index is 335. The molecule has 0 saturated carbocycles. The first-order valence-corrected chi connectivity index (χ1v) is 5.25. The van der Waals surface area contributed by atoms with Gasteiger partial charge in [0, 0.05) is 7.06 Å². The van der Waals surface area contributed by atoms with Crippen LogP contribution >= 0.6 is 0 Å². The van der Waals surface area contributed by atoms with E-state index in [1.54, 1.807) is 20.8 Å². The Morgan fingerprint density at radius 2 is 2.31 bits per heavy atom. The fourth-order valence-corrected chi connectivity index (χ4v) is 2.37. The van der Waals surface area contributed by atoms with Gasteiger partial charge in [-0.15, -0.1) is 0 Å². The number of hydrogen-bond acceptors (Lipinski definition) is 5. The predicted molar refractivity (Wildman–Crippen MR) is 55.0 cm³/mol. The zero-order valence-electron chi connectivity index (χ0n) is 11.6. The van der Waals surface area contributed by atoms with Crippen molar-refractivity contribution in [2.24, 2.45) is 0 Å². The van der Waals surface area contributed by atoms with Crippen molar-refractivity contribution in [3.8, 4) is 0 Å². The normalized spacial score (nSPS) is 49.3. The van der Waals surface area contributed by atoms with Gasteiger partial charge in [0.05, 0.1) is 15.5 Å². The third-order valence-electron chi connectivity index (χ3n) is 2.99. The summed E-state index contributed by atoms with van der Waals surface area (Å²) >= 11 is 0. The number of methoxy groups -OCH3 is 1. The second-order valence-corrected chi connectivity index (χ2v) is 4.73. The smallest absolute Gasteiger partial charge is 0.175 e. The molecular formula is C11H18O5. The minimum Gasteiger partial charge on any atom is -0.381 e. The lowest BCUT2D eigenvalue weighted by atomic mass is 9.97. The Morgan fingerprint density at radius 1 is 1.56 bits per heavy atom. The van der Waals surface area contributed by atoms with Crippen LogP contribution in [0.2, 0.25) is 0 Å². The van der Waals surface area contributed by atoms with Crippen LogP contribution in [-0.2, 0) is 23.7 Å². The third kappa shape index (κ3) is 1.68. The molecule has 0 bridgehead atoms. The van der Waals surface area contributed by atoms with Crippen molar-refractivity contribution < 1.29 is 26.5 Å². The van der Waals surface area contributed by atoms with Crippen molar-refractivity contribution >= 4 is 6.29 Å². The summed E-state index contributed by atoms with van der Waals surface area (Å²) < 4.78 is 35.9. The SMILES string of the molecule is [2H]C([3H])OCC1(C=O)OC(C)[C@H]2OC(C)(C)O[C@H]21. The van der Waals surface area contributed by atoms with Crippen LogP contribution in [0.5, 0.6) is 0 Å². The van der Waals surface area contributed by atoms with Gasteiger partial charge in [-0.1, -0.05) is 0 Å². The van der Waals surface area contributed by atoms with Gasteiger partial charge in [-0.3, -0.25) is 4.79 Å². The zero-order chi connectivity index (χ0) is 13.6. The van der Waals surface area contributed by atoms with E-state index in [2.05, 4.69) is 0 Å². The summed E-state index contributed by atoms with van der Waals surface area (Å²) in [4.78, 5) is 11.4. The van der Waals surface area contributed by atoms with Crippen LogP contribution in [0.25, 0.3) is 0 Å². The molecule has 5 heteroatoms. The molecule has 2 heterocycles. The van der Waals surface area contributed by atoms with E-state index >= 15 is 0 Å². The lowest BCUT2D eigenvalue weighted by Gasteiger charge is -2.29. The monoisotopic (exact) mass is 233 g/mol. The first-order chi connectivity index (χ1) is 8.30. The molecule has 0 aromatic rings. The maximum atomic E-state index is 11.4. The molecule has 0 amide bonds. The van der Waals surface area contributed by atoms with Crippen molar-refractivity contribution in [3.05, 3.63) is 0 Å². The van der Waals surface area contributed by atoms with Crippen LogP contribution in [0.4, 0.5) is 0 Å². The standard InChI is InChI=1S/C11H18O5/c1-7-8-9(16-10(2,3)15-8)11(5-12,14-7)6-13-4/h5,7-9H,6H2,1-4H3/t7?,8-,9-,11?/m1/s1/i4TD/t4?,7?,8-,9-,11?. The van der Waals surface area contributed by atoms with Crippen LogP contribution in [0, 0.1) is 0 Å². The second kappa shape index (κ2) is 3.77. The summed E-state index contributed by atoms with van der Waals surface area (Å²) in [5, 5.41) is 0. The number of ether oxygens (including phenoxy) is 4. The van der Waals surface area contributed by atoms with E-state index in [4.69, 9.17) is 21.7 Å². The van der Waals surface area contributed by atoms with Crippen molar-refractivity contribution in [1.82, 2.24) is 0 Å². The van der Waals surface area contributed by atoms with Crippen molar-refractivity contribution in [3.63, 3.8) is 0 Å². The largest absolute Gasteiger partial charge is 0.381 e. The number of carbonyl (C=O) groups excluding carboxylic acids is 1. The highest BCUT2D eigenvalue weighted by atomic mass is 16.8. The van der Waals surface area contributed by atoms with Gasteiger partial charge in [-0.05, 0) is 20.8 Å². The van der Waals surface area contributed by atoms with Gasteiger partial charge >= 0.3 is 0 Å². The van der Waals surface area contributed by atoms with Gasteiger partial charge in [-0.2, -0.15) is 0 Å². The molecule has 92 valence electrons. The highest BCUT2D eigenvalue weighted by molar-refractivity contribution is 5.65. The molecule has 0 N–H and O–H groups in total. The Labute approximate surface area is 97.8 Å². The van der Waals surface area contributed by atoms with Gasteiger partial charge < -0.3 is 18.9 Å². The maximum Gasteiger partial charge on any atom is 0.175 e. The predicted octanol–water partition coefficient (Wildman–Crippen LogP) is 0.509. The summed E-state index contributed by atoms with van der Waals surface area (Å²) in [6.45, 7) is 5.16. The Kier molecular flexibility index (Phi) is 2.24. The van der Waals surface area contributed by atoms with E-state index in [0.717, 1.165) is 0 Å². The minimum absolute atomic E-state index is 0.181. The Morgan fingerprint density at radius 3 is 2.94 bits per heavy atom. The fraction of sp³-hybridized carbons (Fsp3) is 0.909.